The quantitative estimate of drug-likeness (QED) is 0.706. The molecule has 3 nitrogen and oxygen atoms in total. The highest BCUT2D eigenvalue weighted by Gasteiger charge is 2.19. The van der Waals surface area contributed by atoms with Crippen molar-refractivity contribution in [3.05, 3.63) is 0 Å². The van der Waals surface area contributed by atoms with E-state index in [1.54, 1.807) is 0 Å². The second-order valence-corrected chi connectivity index (χ2v) is 4.69. The Morgan fingerprint density at radius 2 is 2.20 bits per heavy atom. The zero-order valence-corrected chi connectivity index (χ0v) is 9.87. The largest absolute Gasteiger partial charge is 0.342 e. The SMILES string of the molecule is C[C@@H]1CCCN(C(=O)CCCCCN)C1. The maximum atomic E-state index is 11.8. The lowest BCUT2D eigenvalue weighted by atomic mass is 10.00. The van der Waals surface area contributed by atoms with Crippen LogP contribution in [-0.2, 0) is 4.79 Å². The lowest BCUT2D eigenvalue weighted by Crippen LogP contribution is -2.38. The Balaban J connectivity index is 2.15. The van der Waals surface area contributed by atoms with Crippen molar-refractivity contribution in [2.45, 2.75) is 45.4 Å². The van der Waals surface area contributed by atoms with Crippen molar-refractivity contribution >= 4 is 5.91 Å². The molecule has 0 aromatic rings. The number of carbonyl (C=O) groups excluding carboxylic acids is 1. The fraction of sp³-hybridized carbons (Fsp3) is 0.917. The maximum Gasteiger partial charge on any atom is 0.222 e. The van der Waals surface area contributed by atoms with E-state index in [9.17, 15) is 4.79 Å². The number of hydrogen-bond donors (Lipinski definition) is 1. The first-order valence-electron chi connectivity index (χ1n) is 6.22. The van der Waals surface area contributed by atoms with Gasteiger partial charge in [-0.2, -0.15) is 0 Å². The molecular formula is C12H24N2O. The van der Waals surface area contributed by atoms with Crippen molar-refractivity contribution in [3.63, 3.8) is 0 Å². The average molecular weight is 212 g/mol. The third kappa shape index (κ3) is 4.65. The molecule has 1 aliphatic rings. The van der Waals surface area contributed by atoms with Crippen molar-refractivity contribution in [1.82, 2.24) is 4.90 Å². The third-order valence-corrected chi connectivity index (χ3v) is 3.10. The number of nitrogens with zero attached hydrogens (tertiary/aromatic N) is 1. The molecule has 15 heavy (non-hydrogen) atoms. The maximum absolute atomic E-state index is 11.8. The van der Waals surface area contributed by atoms with Gasteiger partial charge in [-0.3, -0.25) is 4.79 Å². The zero-order chi connectivity index (χ0) is 11.1. The van der Waals surface area contributed by atoms with Crippen LogP contribution in [0.4, 0.5) is 0 Å². The molecular weight excluding hydrogens is 188 g/mol. The summed E-state index contributed by atoms with van der Waals surface area (Å²) in [4.78, 5) is 13.8. The van der Waals surface area contributed by atoms with Crippen molar-refractivity contribution < 1.29 is 4.79 Å². The lowest BCUT2D eigenvalue weighted by Gasteiger charge is -2.31. The van der Waals surface area contributed by atoms with Crippen molar-refractivity contribution in [1.29, 1.82) is 0 Å². The molecule has 0 radical (unpaired) electrons. The summed E-state index contributed by atoms with van der Waals surface area (Å²) in [6.45, 7) is 4.92. The summed E-state index contributed by atoms with van der Waals surface area (Å²) in [5.41, 5.74) is 5.41. The summed E-state index contributed by atoms with van der Waals surface area (Å²) in [5, 5.41) is 0. The number of nitrogens with two attached hydrogens (primary N) is 1. The van der Waals surface area contributed by atoms with Crippen LogP contribution in [0.2, 0.25) is 0 Å². The van der Waals surface area contributed by atoms with E-state index in [-0.39, 0.29) is 0 Å². The number of amides is 1. The fourth-order valence-corrected chi connectivity index (χ4v) is 2.17. The van der Waals surface area contributed by atoms with Crippen LogP contribution in [0.25, 0.3) is 0 Å². The van der Waals surface area contributed by atoms with E-state index in [1.807, 2.05) is 4.90 Å². The minimum atomic E-state index is 0.346. The molecule has 1 rings (SSSR count). The first-order chi connectivity index (χ1) is 7.24. The van der Waals surface area contributed by atoms with E-state index in [0.29, 0.717) is 18.2 Å². The molecule has 1 amide bonds. The average Bonchev–Trinajstić information content (AvgIpc) is 2.24. The van der Waals surface area contributed by atoms with Crippen molar-refractivity contribution in [2.75, 3.05) is 19.6 Å². The minimum absolute atomic E-state index is 0.346. The van der Waals surface area contributed by atoms with Crippen LogP contribution >= 0.6 is 0 Å². The van der Waals surface area contributed by atoms with E-state index in [1.165, 1.54) is 12.8 Å². The monoisotopic (exact) mass is 212 g/mol. The van der Waals surface area contributed by atoms with Crippen LogP contribution in [0.1, 0.15) is 45.4 Å². The summed E-state index contributed by atoms with van der Waals surface area (Å²) in [7, 11) is 0. The van der Waals surface area contributed by atoms with Gasteiger partial charge in [-0.15, -0.1) is 0 Å². The van der Waals surface area contributed by atoms with Gasteiger partial charge in [0, 0.05) is 19.5 Å². The molecule has 1 atom stereocenters. The van der Waals surface area contributed by atoms with E-state index in [4.69, 9.17) is 5.73 Å². The fourth-order valence-electron chi connectivity index (χ4n) is 2.17. The minimum Gasteiger partial charge on any atom is -0.342 e. The second-order valence-electron chi connectivity index (χ2n) is 4.69. The summed E-state index contributed by atoms with van der Waals surface area (Å²) in [6, 6.07) is 0. The van der Waals surface area contributed by atoms with E-state index >= 15 is 0 Å². The highest BCUT2D eigenvalue weighted by molar-refractivity contribution is 5.76. The van der Waals surface area contributed by atoms with Crippen molar-refractivity contribution in [3.8, 4) is 0 Å². The number of unbranched alkanes of at least 4 members (excludes halogenated alkanes) is 2. The van der Waals surface area contributed by atoms with E-state index in [0.717, 1.165) is 38.9 Å². The molecule has 1 saturated heterocycles. The summed E-state index contributed by atoms with van der Waals surface area (Å²) < 4.78 is 0. The normalized spacial score (nSPS) is 21.7. The lowest BCUT2D eigenvalue weighted by molar-refractivity contribution is -0.133. The number of carbonyl (C=O) groups is 1. The second kappa shape index (κ2) is 6.83. The first-order valence-corrected chi connectivity index (χ1v) is 6.22. The molecule has 0 aromatic carbocycles. The number of likely N-dealkylation sites (tertiary alicyclic amines) is 1. The predicted molar refractivity (Wildman–Crippen MR) is 62.5 cm³/mol. The van der Waals surface area contributed by atoms with Gasteiger partial charge in [0.2, 0.25) is 5.91 Å². The van der Waals surface area contributed by atoms with Crippen LogP contribution in [0.5, 0.6) is 0 Å². The molecule has 1 fully saturated rings. The zero-order valence-electron chi connectivity index (χ0n) is 9.87. The van der Waals surface area contributed by atoms with Crippen LogP contribution in [0.3, 0.4) is 0 Å². The van der Waals surface area contributed by atoms with Gasteiger partial charge in [0.05, 0.1) is 0 Å². The molecule has 88 valence electrons. The number of rotatable bonds is 5. The molecule has 3 heteroatoms. The van der Waals surface area contributed by atoms with Crippen molar-refractivity contribution in [2.24, 2.45) is 11.7 Å². The molecule has 1 aliphatic heterocycles. The first kappa shape index (κ1) is 12.5. The summed E-state index contributed by atoms with van der Waals surface area (Å²) >= 11 is 0. The Bertz CT molecular complexity index is 194. The highest BCUT2D eigenvalue weighted by atomic mass is 16.2. The van der Waals surface area contributed by atoms with Gasteiger partial charge in [0.25, 0.3) is 0 Å². The summed E-state index contributed by atoms with van der Waals surface area (Å²) in [5.74, 6) is 1.03. The Morgan fingerprint density at radius 1 is 1.40 bits per heavy atom. The molecule has 0 unspecified atom stereocenters. The van der Waals surface area contributed by atoms with Crippen LogP contribution in [0, 0.1) is 5.92 Å². The van der Waals surface area contributed by atoms with Gasteiger partial charge < -0.3 is 10.6 Å². The molecule has 0 aliphatic carbocycles. The molecule has 0 bridgehead atoms. The Morgan fingerprint density at radius 3 is 2.87 bits per heavy atom. The Kier molecular flexibility index (Phi) is 5.69. The van der Waals surface area contributed by atoms with E-state index in [2.05, 4.69) is 6.92 Å². The van der Waals surface area contributed by atoms with Gasteiger partial charge >= 0.3 is 0 Å². The topological polar surface area (TPSA) is 46.3 Å². The standard InChI is InChI=1S/C12H24N2O/c1-11-6-5-9-14(10-11)12(15)7-3-2-4-8-13/h11H,2-10,13H2,1H3/t11-/m1/s1. The van der Waals surface area contributed by atoms with Crippen LogP contribution < -0.4 is 5.73 Å². The van der Waals surface area contributed by atoms with Gasteiger partial charge in [0.15, 0.2) is 0 Å². The summed E-state index contributed by atoms with van der Waals surface area (Å²) in [6.07, 6.45) is 6.30. The number of piperidine rings is 1. The van der Waals surface area contributed by atoms with Crippen LogP contribution in [0.15, 0.2) is 0 Å². The molecule has 0 saturated carbocycles. The van der Waals surface area contributed by atoms with Gasteiger partial charge in [0.1, 0.15) is 0 Å². The predicted octanol–water partition coefficient (Wildman–Crippen LogP) is 1.76. The Labute approximate surface area is 93.0 Å². The smallest absolute Gasteiger partial charge is 0.222 e. The van der Waals surface area contributed by atoms with Crippen LogP contribution in [-0.4, -0.2) is 30.4 Å². The molecule has 1 heterocycles. The molecule has 0 spiro atoms. The third-order valence-electron chi connectivity index (χ3n) is 3.10. The van der Waals surface area contributed by atoms with E-state index < -0.39 is 0 Å². The molecule has 2 N–H and O–H groups in total. The Hall–Kier alpha value is -0.570. The highest BCUT2D eigenvalue weighted by Crippen LogP contribution is 2.16. The van der Waals surface area contributed by atoms with Gasteiger partial charge in [-0.25, -0.2) is 0 Å². The van der Waals surface area contributed by atoms with Gasteiger partial charge in [-0.05, 0) is 38.1 Å². The number of hydrogen-bond acceptors (Lipinski definition) is 2. The van der Waals surface area contributed by atoms with Gasteiger partial charge in [-0.1, -0.05) is 13.3 Å². The molecule has 0 aromatic heterocycles.